The third-order valence-corrected chi connectivity index (χ3v) is 5.64. The number of benzene rings is 1. The van der Waals surface area contributed by atoms with Gasteiger partial charge in [0.05, 0.1) is 11.6 Å². The number of likely N-dealkylation sites (tertiary alicyclic amines) is 1. The Hall–Kier alpha value is -2.12. The van der Waals surface area contributed by atoms with Crippen LogP contribution in [0.25, 0.3) is 0 Å². The van der Waals surface area contributed by atoms with Gasteiger partial charge in [0, 0.05) is 18.1 Å². The number of carboxylic acid groups (broad SMARTS) is 1. The van der Waals surface area contributed by atoms with E-state index in [0.717, 1.165) is 0 Å². The largest absolute Gasteiger partial charge is 0.486 e. The highest BCUT2D eigenvalue weighted by Gasteiger charge is 2.30. The topological polar surface area (TPSA) is 79.7 Å². The molecule has 26 heavy (non-hydrogen) atoms. The van der Waals surface area contributed by atoms with Crippen molar-refractivity contribution < 1.29 is 19.4 Å². The molecular weight excluding hydrogens is 376 g/mol. The number of hydrogen-bond donors (Lipinski definition) is 1. The van der Waals surface area contributed by atoms with Crippen LogP contribution in [0.4, 0.5) is 0 Å². The van der Waals surface area contributed by atoms with Gasteiger partial charge in [-0.2, -0.15) is 0 Å². The van der Waals surface area contributed by atoms with E-state index < -0.39 is 11.9 Å². The lowest BCUT2D eigenvalue weighted by Crippen LogP contribution is -2.42. The Morgan fingerprint density at radius 3 is 2.81 bits per heavy atom. The number of hydrogen-bond acceptors (Lipinski definition) is 5. The fraction of sp³-hybridized carbons (Fsp3) is 0.389. The molecule has 0 aliphatic carbocycles. The van der Waals surface area contributed by atoms with E-state index in [0.29, 0.717) is 45.7 Å². The first-order valence-corrected chi connectivity index (χ1v) is 9.50. The second kappa shape index (κ2) is 8.05. The maximum atomic E-state index is 12.8. The van der Waals surface area contributed by atoms with Gasteiger partial charge in [-0.1, -0.05) is 11.6 Å². The molecule has 1 aliphatic rings. The van der Waals surface area contributed by atoms with Crippen molar-refractivity contribution >= 4 is 34.8 Å². The normalized spacial score (nSPS) is 17.2. The molecule has 1 aromatic heterocycles. The van der Waals surface area contributed by atoms with Gasteiger partial charge in [0.1, 0.15) is 22.2 Å². The van der Waals surface area contributed by atoms with Gasteiger partial charge in [0.25, 0.3) is 5.91 Å². The molecule has 6 nitrogen and oxygen atoms in total. The lowest BCUT2D eigenvalue weighted by atomic mass is 9.98. The van der Waals surface area contributed by atoms with Gasteiger partial charge in [0.15, 0.2) is 0 Å². The van der Waals surface area contributed by atoms with Crippen molar-refractivity contribution in [1.82, 2.24) is 9.88 Å². The van der Waals surface area contributed by atoms with Crippen LogP contribution in [-0.2, 0) is 11.4 Å². The summed E-state index contributed by atoms with van der Waals surface area (Å²) in [6, 6.07) is 7.03. The lowest BCUT2D eigenvalue weighted by Gasteiger charge is -2.30. The molecule has 1 amide bonds. The van der Waals surface area contributed by atoms with Crippen LogP contribution in [0.3, 0.4) is 0 Å². The van der Waals surface area contributed by atoms with Gasteiger partial charge in [-0.25, -0.2) is 4.98 Å². The number of aromatic nitrogens is 1. The number of carboxylic acids is 1. The average Bonchev–Trinajstić information content (AvgIpc) is 3.01. The average molecular weight is 395 g/mol. The van der Waals surface area contributed by atoms with Gasteiger partial charge in [-0.05, 0) is 44.0 Å². The van der Waals surface area contributed by atoms with E-state index in [2.05, 4.69) is 4.98 Å². The molecule has 1 aliphatic heterocycles. The summed E-state index contributed by atoms with van der Waals surface area (Å²) in [5.74, 6) is -0.812. The van der Waals surface area contributed by atoms with Crippen molar-refractivity contribution in [3.63, 3.8) is 0 Å². The molecule has 0 bridgehead atoms. The van der Waals surface area contributed by atoms with Crippen LogP contribution >= 0.6 is 22.9 Å². The summed E-state index contributed by atoms with van der Waals surface area (Å²) in [6.45, 7) is 2.88. The number of halogens is 1. The van der Waals surface area contributed by atoms with Gasteiger partial charge >= 0.3 is 5.97 Å². The Kier molecular flexibility index (Phi) is 5.78. The first-order valence-electron chi connectivity index (χ1n) is 8.31. The molecule has 8 heteroatoms. The Morgan fingerprint density at radius 2 is 2.12 bits per heavy atom. The zero-order valence-electron chi connectivity index (χ0n) is 14.3. The summed E-state index contributed by atoms with van der Waals surface area (Å²) in [4.78, 5) is 30.5. The Labute approximate surface area is 160 Å². The summed E-state index contributed by atoms with van der Waals surface area (Å²) < 4.78 is 5.68. The van der Waals surface area contributed by atoms with Crippen LogP contribution in [0.2, 0.25) is 5.02 Å². The molecule has 1 aromatic carbocycles. The van der Waals surface area contributed by atoms with Gasteiger partial charge in [-0.3, -0.25) is 9.59 Å². The lowest BCUT2D eigenvalue weighted by molar-refractivity contribution is -0.143. The molecule has 0 radical (unpaired) electrons. The second-order valence-electron chi connectivity index (χ2n) is 6.19. The van der Waals surface area contributed by atoms with Gasteiger partial charge in [-0.15, -0.1) is 11.3 Å². The van der Waals surface area contributed by atoms with E-state index in [9.17, 15) is 14.7 Å². The Balaban J connectivity index is 1.66. The summed E-state index contributed by atoms with van der Waals surface area (Å²) in [5.41, 5.74) is 0.646. The van der Waals surface area contributed by atoms with E-state index in [-0.39, 0.29) is 19.1 Å². The van der Waals surface area contributed by atoms with Crippen LogP contribution in [0.1, 0.15) is 33.2 Å². The minimum absolute atomic E-state index is 0.149. The van der Waals surface area contributed by atoms with E-state index in [4.69, 9.17) is 16.3 Å². The SMILES string of the molecule is Cc1nc(COc2ccc(Cl)cc2)sc1C(=O)N1CCC[C@@H](C(=O)O)C1. The summed E-state index contributed by atoms with van der Waals surface area (Å²) in [6.07, 6.45) is 1.31. The number of rotatable bonds is 5. The van der Waals surface area contributed by atoms with Crippen molar-refractivity contribution in [2.24, 2.45) is 5.92 Å². The number of amides is 1. The minimum atomic E-state index is -0.847. The summed E-state index contributed by atoms with van der Waals surface area (Å²) >= 11 is 7.14. The second-order valence-corrected chi connectivity index (χ2v) is 7.71. The Morgan fingerprint density at radius 1 is 1.38 bits per heavy atom. The minimum Gasteiger partial charge on any atom is -0.486 e. The van der Waals surface area contributed by atoms with Crippen molar-refractivity contribution in [3.05, 3.63) is 44.9 Å². The molecule has 1 N–H and O–H groups in total. The number of aliphatic carboxylic acids is 1. The molecule has 138 valence electrons. The molecule has 3 rings (SSSR count). The monoisotopic (exact) mass is 394 g/mol. The van der Waals surface area contributed by atoms with Gasteiger partial charge in [0.2, 0.25) is 0 Å². The fourth-order valence-electron chi connectivity index (χ4n) is 2.90. The van der Waals surface area contributed by atoms with E-state index >= 15 is 0 Å². The third kappa shape index (κ3) is 4.34. The predicted octanol–water partition coefficient (Wildman–Crippen LogP) is 3.62. The predicted molar refractivity (Wildman–Crippen MR) is 98.9 cm³/mol. The molecular formula is C18H19ClN2O4S. The maximum absolute atomic E-state index is 12.8. The molecule has 0 unspecified atom stereocenters. The number of thiazole rings is 1. The first kappa shape index (κ1) is 18.7. The number of aryl methyl sites for hydroxylation is 1. The number of piperidine rings is 1. The van der Waals surface area contributed by atoms with Crippen molar-refractivity contribution in [2.45, 2.75) is 26.4 Å². The highest BCUT2D eigenvalue weighted by molar-refractivity contribution is 7.13. The molecule has 1 fully saturated rings. The zero-order valence-corrected chi connectivity index (χ0v) is 15.8. The van der Waals surface area contributed by atoms with E-state index in [1.54, 1.807) is 36.1 Å². The van der Waals surface area contributed by atoms with Gasteiger partial charge < -0.3 is 14.7 Å². The number of nitrogens with zero attached hydrogens (tertiary/aromatic N) is 2. The quantitative estimate of drug-likeness (QED) is 0.837. The van der Waals surface area contributed by atoms with E-state index in [1.807, 2.05) is 0 Å². The smallest absolute Gasteiger partial charge is 0.308 e. The van der Waals surface area contributed by atoms with Crippen LogP contribution in [-0.4, -0.2) is 40.0 Å². The number of carbonyl (C=O) groups excluding carboxylic acids is 1. The van der Waals surface area contributed by atoms with Crippen LogP contribution in [0.5, 0.6) is 5.75 Å². The number of ether oxygens (including phenoxy) is 1. The highest BCUT2D eigenvalue weighted by Crippen LogP contribution is 2.25. The maximum Gasteiger partial charge on any atom is 0.308 e. The van der Waals surface area contributed by atoms with Crippen LogP contribution in [0.15, 0.2) is 24.3 Å². The Bertz CT molecular complexity index is 806. The van der Waals surface area contributed by atoms with Crippen molar-refractivity contribution in [3.8, 4) is 5.75 Å². The molecule has 2 heterocycles. The molecule has 1 atom stereocenters. The zero-order chi connectivity index (χ0) is 18.7. The fourth-order valence-corrected chi connectivity index (χ4v) is 3.97. The van der Waals surface area contributed by atoms with Crippen LogP contribution < -0.4 is 4.74 Å². The van der Waals surface area contributed by atoms with E-state index in [1.165, 1.54) is 11.3 Å². The molecule has 2 aromatic rings. The van der Waals surface area contributed by atoms with Crippen molar-refractivity contribution in [2.75, 3.05) is 13.1 Å². The van der Waals surface area contributed by atoms with Crippen molar-refractivity contribution in [1.29, 1.82) is 0 Å². The summed E-state index contributed by atoms with van der Waals surface area (Å²) in [7, 11) is 0. The standard InChI is InChI=1S/C18H19ClN2O4S/c1-11-16(17(22)21-8-2-3-12(9-21)18(23)24)26-15(20-11)10-25-14-6-4-13(19)5-7-14/h4-7,12H,2-3,8-10H2,1H3,(H,23,24)/t12-/m1/s1. The highest BCUT2D eigenvalue weighted by atomic mass is 35.5. The molecule has 0 spiro atoms. The molecule has 1 saturated heterocycles. The summed E-state index contributed by atoms with van der Waals surface area (Å²) in [5, 5.41) is 10.5. The first-order chi connectivity index (χ1) is 12.4. The molecule has 0 saturated carbocycles. The number of carbonyl (C=O) groups is 2. The van der Waals surface area contributed by atoms with Crippen LogP contribution in [0, 0.1) is 12.8 Å². The third-order valence-electron chi connectivity index (χ3n) is 4.27.